The van der Waals surface area contributed by atoms with Gasteiger partial charge in [-0.15, -0.1) is 0 Å². The minimum atomic E-state index is -2.38. The Labute approximate surface area is 242 Å². The molecule has 1 aliphatic carbocycles. The Morgan fingerprint density at radius 1 is 1.00 bits per heavy atom. The number of rotatable bonds is 9. The smallest absolute Gasteiger partial charge is 0.330 e. The van der Waals surface area contributed by atoms with Crippen LogP contribution in [0.25, 0.3) is 0 Å². The van der Waals surface area contributed by atoms with Crippen LogP contribution in [0.1, 0.15) is 56.5 Å². The number of aromatic amines is 1. The Bertz CT molecular complexity index is 1450. The Morgan fingerprint density at radius 2 is 1.61 bits per heavy atom. The second kappa shape index (κ2) is 11.5. The van der Waals surface area contributed by atoms with Gasteiger partial charge in [0.1, 0.15) is 17.8 Å². The normalized spacial score (nSPS) is 26.3. The largest absolute Gasteiger partial charge is 0.406 e. The van der Waals surface area contributed by atoms with Gasteiger partial charge >= 0.3 is 5.69 Å². The summed E-state index contributed by atoms with van der Waals surface area (Å²) in [5.41, 5.74) is 0.736. The van der Waals surface area contributed by atoms with Crippen LogP contribution >= 0.6 is 0 Å². The summed E-state index contributed by atoms with van der Waals surface area (Å²) in [4.78, 5) is 27.9. The van der Waals surface area contributed by atoms with Crippen LogP contribution in [0.3, 0.4) is 0 Å². The molecule has 2 heterocycles. The van der Waals surface area contributed by atoms with Gasteiger partial charge in [-0.05, 0) is 49.0 Å². The first kappa shape index (κ1) is 29.7. The van der Waals surface area contributed by atoms with Gasteiger partial charge in [-0.1, -0.05) is 81.4 Å². The minimum Gasteiger partial charge on any atom is -0.406 e. The quantitative estimate of drug-likeness (QED) is 0.339. The lowest BCUT2D eigenvalue weighted by atomic mass is 9.93. The minimum absolute atomic E-state index is 0.0933. The number of nitrogens with zero attached hydrogens (tertiary/aromatic N) is 1. The highest BCUT2D eigenvalue weighted by Crippen LogP contribution is 2.53. The summed E-state index contributed by atoms with van der Waals surface area (Å²) in [5, 5.41) is -0.0933. The maximum absolute atomic E-state index is 13.2. The zero-order valence-electron chi connectivity index (χ0n) is 24.9. The number of aromatic nitrogens is 2. The summed E-state index contributed by atoms with van der Waals surface area (Å²) in [5.74, 6) is 0. The van der Waals surface area contributed by atoms with E-state index in [2.05, 4.69) is 38.8 Å². The third kappa shape index (κ3) is 5.92. The summed E-state index contributed by atoms with van der Waals surface area (Å²) in [6.45, 7) is 13.5. The lowest BCUT2D eigenvalue weighted by Gasteiger charge is -2.44. The first-order chi connectivity index (χ1) is 19.4. The number of H-pyrrole nitrogens is 1. The van der Waals surface area contributed by atoms with Crippen LogP contribution in [-0.2, 0) is 31.9 Å². The predicted molar refractivity (Wildman–Crippen MR) is 160 cm³/mol. The first-order valence-corrected chi connectivity index (χ1v) is 17.3. The van der Waals surface area contributed by atoms with Crippen molar-refractivity contribution in [1.29, 1.82) is 0 Å². The number of nitrogens with one attached hydrogen (secondary N) is 1. The van der Waals surface area contributed by atoms with Crippen LogP contribution in [-0.4, -0.2) is 41.8 Å². The fraction of sp³-hybridized carbons (Fsp3) is 0.500. The molecule has 0 spiro atoms. The highest BCUT2D eigenvalue weighted by molar-refractivity contribution is 6.74. The molecule has 1 aromatic heterocycles. The summed E-state index contributed by atoms with van der Waals surface area (Å²) >= 11 is 0. The van der Waals surface area contributed by atoms with Crippen molar-refractivity contribution < 1.29 is 18.6 Å². The van der Waals surface area contributed by atoms with E-state index in [1.807, 2.05) is 60.7 Å². The van der Waals surface area contributed by atoms with Crippen molar-refractivity contribution >= 4 is 8.32 Å². The van der Waals surface area contributed by atoms with E-state index in [1.165, 1.54) is 4.57 Å². The van der Waals surface area contributed by atoms with E-state index in [0.29, 0.717) is 25.2 Å². The van der Waals surface area contributed by atoms with Crippen molar-refractivity contribution in [2.75, 3.05) is 0 Å². The molecule has 1 saturated heterocycles. The molecule has 220 valence electrons. The molecule has 2 aliphatic rings. The van der Waals surface area contributed by atoms with Crippen LogP contribution in [0.5, 0.6) is 0 Å². The summed E-state index contributed by atoms with van der Waals surface area (Å²) < 4.78 is 28.8. The van der Waals surface area contributed by atoms with E-state index >= 15 is 0 Å². The first-order valence-electron chi connectivity index (χ1n) is 14.4. The van der Waals surface area contributed by atoms with Gasteiger partial charge in [-0.2, -0.15) is 0 Å². The van der Waals surface area contributed by atoms with Crippen LogP contribution in [0, 0.1) is 6.92 Å². The number of ether oxygens (including phenoxy) is 3. The molecular weight excluding hydrogens is 536 g/mol. The molecule has 1 aliphatic heterocycles. The van der Waals surface area contributed by atoms with E-state index < -0.39 is 43.6 Å². The van der Waals surface area contributed by atoms with Crippen LogP contribution < -0.4 is 11.2 Å². The topological polar surface area (TPSA) is 91.8 Å². The molecule has 0 radical (unpaired) electrons. The number of fused-ring (bicyclic) bond motifs is 1. The number of benzene rings is 2. The molecule has 9 heteroatoms. The van der Waals surface area contributed by atoms with Crippen molar-refractivity contribution in [1.82, 2.24) is 9.55 Å². The summed E-state index contributed by atoms with van der Waals surface area (Å²) in [6, 6.07) is 20.1. The molecule has 0 bridgehead atoms. The Hall–Kier alpha value is -2.82. The average molecular weight is 579 g/mol. The average Bonchev–Trinajstić information content (AvgIpc) is 3.43. The maximum Gasteiger partial charge on any atom is 0.330 e. The standard InChI is InChI=1S/C32H42N2O6Si/c1-22-19-34(30(36)33-28(22)35)29-27(40-41(5,6)31(2,3)4)32(38-21-24-15-11-8-12-16-24)18-17-25(26(32)39-29)37-20-23-13-9-7-10-14-23/h7-16,19,25-27,29H,17-18,20-21H2,1-6H3,(H,33,35,36)/t25-,26-,27-,29-,32-/m1/s1. The molecule has 1 saturated carbocycles. The molecular formula is C32H42N2O6Si. The molecule has 5 rings (SSSR count). The van der Waals surface area contributed by atoms with E-state index in [1.54, 1.807) is 13.1 Å². The highest BCUT2D eigenvalue weighted by Gasteiger charge is 2.66. The molecule has 2 aromatic carbocycles. The predicted octanol–water partition coefficient (Wildman–Crippen LogP) is 5.47. The van der Waals surface area contributed by atoms with Crippen LogP contribution in [0.2, 0.25) is 18.1 Å². The molecule has 2 fully saturated rings. The molecule has 0 amide bonds. The highest BCUT2D eigenvalue weighted by atomic mass is 28.4. The van der Waals surface area contributed by atoms with E-state index in [9.17, 15) is 9.59 Å². The molecule has 3 aromatic rings. The van der Waals surface area contributed by atoms with Gasteiger partial charge < -0.3 is 18.6 Å². The Balaban J connectivity index is 1.57. The fourth-order valence-electron chi connectivity index (χ4n) is 5.56. The van der Waals surface area contributed by atoms with Gasteiger partial charge in [0.2, 0.25) is 0 Å². The van der Waals surface area contributed by atoms with Crippen molar-refractivity contribution in [2.45, 2.75) is 102 Å². The van der Waals surface area contributed by atoms with Gasteiger partial charge in [0.15, 0.2) is 14.5 Å². The zero-order chi connectivity index (χ0) is 29.4. The maximum atomic E-state index is 13.2. The van der Waals surface area contributed by atoms with Gasteiger partial charge in [0.25, 0.3) is 5.56 Å². The van der Waals surface area contributed by atoms with E-state index in [-0.39, 0.29) is 11.1 Å². The van der Waals surface area contributed by atoms with Crippen molar-refractivity contribution in [3.05, 3.63) is 104 Å². The van der Waals surface area contributed by atoms with Gasteiger partial charge in [-0.25, -0.2) is 4.79 Å². The summed E-state index contributed by atoms with van der Waals surface area (Å²) in [7, 11) is -2.38. The third-order valence-corrected chi connectivity index (χ3v) is 13.4. The van der Waals surface area contributed by atoms with Gasteiger partial charge in [0.05, 0.1) is 19.3 Å². The molecule has 1 N–H and O–H groups in total. The lowest BCUT2D eigenvalue weighted by Crippen LogP contribution is -2.56. The summed E-state index contributed by atoms with van der Waals surface area (Å²) in [6.07, 6.45) is 0.822. The molecule has 41 heavy (non-hydrogen) atoms. The third-order valence-electron chi connectivity index (χ3n) is 8.97. The Morgan fingerprint density at radius 3 is 2.22 bits per heavy atom. The Kier molecular flexibility index (Phi) is 8.29. The van der Waals surface area contributed by atoms with E-state index in [4.69, 9.17) is 18.6 Å². The van der Waals surface area contributed by atoms with Crippen molar-refractivity contribution in [2.24, 2.45) is 0 Å². The molecule has 8 nitrogen and oxygen atoms in total. The number of hydrogen-bond acceptors (Lipinski definition) is 6. The molecule has 0 unspecified atom stereocenters. The van der Waals surface area contributed by atoms with Crippen molar-refractivity contribution in [3.63, 3.8) is 0 Å². The van der Waals surface area contributed by atoms with Crippen LogP contribution in [0.15, 0.2) is 76.4 Å². The second-order valence-electron chi connectivity index (χ2n) is 12.8. The van der Waals surface area contributed by atoms with E-state index in [0.717, 1.165) is 17.5 Å². The van der Waals surface area contributed by atoms with Crippen LogP contribution in [0.4, 0.5) is 0 Å². The van der Waals surface area contributed by atoms with Gasteiger partial charge in [0, 0.05) is 11.8 Å². The SMILES string of the molecule is Cc1cn([C@@H]2O[C@@H]3[C@H](OCc4ccccc4)CC[C@]3(OCc3ccccc3)[C@@H]2O[Si](C)(C)C(C)(C)C)c(=O)[nH]c1=O. The number of hydrogen-bond donors (Lipinski definition) is 1. The second-order valence-corrected chi connectivity index (χ2v) is 17.6. The monoisotopic (exact) mass is 578 g/mol. The fourth-order valence-corrected chi connectivity index (χ4v) is 6.87. The van der Waals surface area contributed by atoms with Gasteiger partial charge in [-0.3, -0.25) is 14.3 Å². The number of aryl methyl sites for hydroxylation is 1. The van der Waals surface area contributed by atoms with Crippen molar-refractivity contribution in [3.8, 4) is 0 Å². The molecule has 5 atom stereocenters. The zero-order valence-corrected chi connectivity index (χ0v) is 25.9. The lowest BCUT2D eigenvalue weighted by molar-refractivity contribution is -0.140.